The molecule has 0 radical (unpaired) electrons. The lowest BCUT2D eigenvalue weighted by Gasteiger charge is -1.96. The monoisotopic (exact) mass is 274 g/mol. The van der Waals surface area contributed by atoms with E-state index in [9.17, 15) is 4.79 Å². The van der Waals surface area contributed by atoms with Crippen LogP contribution in [0.4, 0.5) is 0 Å². The first-order valence-corrected chi connectivity index (χ1v) is 5.59. The molecule has 0 spiro atoms. The Hall–Kier alpha value is -0.380. The number of fused-ring (bicyclic) bond motifs is 1. The molecule has 1 aromatic heterocycles. The summed E-state index contributed by atoms with van der Waals surface area (Å²) in [7, 11) is 0. The molecule has 0 N–H and O–H groups in total. The zero-order valence-corrected chi connectivity index (χ0v) is 9.54. The quantitative estimate of drug-likeness (QED) is 0.715. The van der Waals surface area contributed by atoms with Gasteiger partial charge in [0, 0.05) is 20.8 Å². The Bertz CT molecular complexity index is 478. The second kappa shape index (κ2) is 3.40. The third kappa shape index (κ3) is 1.41. The summed E-state index contributed by atoms with van der Waals surface area (Å²) in [6.45, 7) is 0. The Kier molecular flexibility index (Phi) is 2.41. The zero-order valence-electron chi connectivity index (χ0n) is 6.38. The van der Waals surface area contributed by atoms with Gasteiger partial charge < -0.3 is 0 Å². The van der Waals surface area contributed by atoms with Gasteiger partial charge in [-0.15, -0.1) is 11.3 Å². The molecule has 0 aliphatic carbocycles. The largest absolute Gasteiger partial charge is 0.298 e. The van der Waals surface area contributed by atoms with Gasteiger partial charge in [-0.2, -0.15) is 0 Å². The van der Waals surface area contributed by atoms with Gasteiger partial charge in [0.25, 0.3) is 0 Å². The first-order valence-electron chi connectivity index (χ1n) is 3.54. The molecule has 0 aliphatic heterocycles. The van der Waals surface area contributed by atoms with Crippen LogP contribution in [-0.4, -0.2) is 6.29 Å². The molecular formula is C9H4BrClOS. The predicted molar refractivity (Wildman–Crippen MR) is 59.9 cm³/mol. The zero-order chi connectivity index (χ0) is 9.42. The Labute approximate surface area is 92.5 Å². The van der Waals surface area contributed by atoms with Gasteiger partial charge in [-0.1, -0.05) is 27.5 Å². The van der Waals surface area contributed by atoms with Crippen molar-refractivity contribution in [2.45, 2.75) is 0 Å². The van der Waals surface area contributed by atoms with Crippen LogP contribution < -0.4 is 0 Å². The van der Waals surface area contributed by atoms with Crippen LogP contribution in [0.5, 0.6) is 0 Å². The molecule has 0 amide bonds. The smallest absolute Gasteiger partial charge is 0.151 e. The molecule has 1 heterocycles. The summed E-state index contributed by atoms with van der Waals surface area (Å²) >= 11 is 10.9. The minimum atomic E-state index is 0.689. The molecule has 2 aromatic rings. The van der Waals surface area contributed by atoms with E-state index >= 15 is 0 Å². The van der Waals surface area contributed by atoms with Crippen molar-refractivity contribution in [2.75, 3.05) is 0 Å². The Morgan fingerprint density at radius 1 is 1.46 bits per heavy atom. The molecule has 2 rings (SSSR count). The van der Waals surface area contributed by atoms with Crippen LogP contribution in [0.2, 0.25) is 5.02 Å². The molecule has 66 valence electrons. The third-order valence-corrected chi connectivity index (χ3v) is 3.90. The summed E-state index contributed by atoms with van der Waals surface area (Å²) in [6, 6.07) is 3.67. The van der Waals surface area contributed by atoms with Crippen molar-refractivity contribution in [1.82, 2.24) is 0 Å². The maximum atomic E-state index is 10.7. The first kappa shape index (κ1) is 9.19. The number of hydrogen-bond acceptors (Lipinski definition) is 2. The van der Waals surface area contributed by atoms with Crippen LogP contribution in [0.15, 0.2) is 22.0 Å². The minimum absolute atomic E-state index is 0.689. The Morgan fingerprint density at radius 3 is 2.92 bits per heavy atom. The summed E-state index contributed by atoms with van der Waals surface area (Å²) in [5, 5.41) is 3.41. The SMILES string of the molecule is O=Cc1csc2c(Cl)ccc(Br)c12. The van der Waals surface area contributed by atoms with E-state index in [1.54, 1.807) is 0 Å². The number of carbonyl (C=O) groups is 1. The van der Waals surface area contributed by atoms with Crippen LogP contribution in [0.25, 0.3) is 10.1 Å². The van der Waals surface area contributed by atoms with E-state index in [-0.39, 0.29) is 0 Å². The standard InChI is InChI=1S/C9H4BrClOS/c10-6-1-2-7(11)9-8(6)5(3-12)4-13-9/h1-4H. The van der Waals surface area contributed by atoms with Crippen LogP contribution in [0, 0.1) is 0 Å². The van der Waals surface area contributed by atoms with Crippen molar-refractivity contribution in [3.8, 4) is 0 Å². The van der Waals surface area contributed by atoms with Gasteiger partial charge in [-0.25, -0.2) is 0 Å². The Morgan fingerprint density at radius 2 is 2.23 bits per heavy atom. The van der Waals surface area contributed by atoms with Crippen LogP contribution in [-0.2, 0) is 0 Å². The summed E-state index contributed by atoms with van der Waals surface area (Å²) in [6.07, 6.45) is 0.847. The number of benzene rings is 1. The number of hydrogen-bond donors (Lipinski definition) is 0. The van der Waals surface area contributed by atoms with Gasteiger partial charge >= 0.3 is 0 Å². The molecule has 0 bridgehead atoms. The van der Waals surface area contributed by atoms with Crippen LogP contribution in [0.3, 0.4) is 0 Å². The van der Waals surface area contributed by atoms with Crippen molar-refractivity contribution in [3.63, 3.8) is 0 Å². The lowest BCUT2D eigenvalue weighted by Crippen LogP contribution is -1.76. The van der Waals surface area contributed by atoms with E-state index in [2.05, 4.69) is 15.9 Å². The van der Waals surface area contributed by atoms with Gasteiger partial charge in [0.2, 0.25) is 0 Å². The summed E-state index contributed by atoms with van der Waals surface area (Å²) in [5.41, 5.74) is 0.689. The fraction of sp³-hybridized carbons (Fsp3) is 0. The van der Waals surface area contributed by atoms with E-state index in [1.807, 2.05) is 17.5 Å². The topological polar surface area (TPSA) is 17.1 Å². The summed E-state index contributed by atoms with van der Waals surface area (Å²) < 4.78 is 1.87. The maximum absolute atomic E-state index is 10.7. The highest BCUT2D eigenvalue weighted by atomic mass is 79.9. The van der Waals surface area contributed by atoms with Gasteiger partial charge in [0.15, 0.2) is 6.29 Å². The van der Waals surface area contributed by atoms with E-state index in [4.69, 9.17) is 11.6 Å². The number of halogens is 2. The van der Waals surface area contributed by atoms with Crippen molar-refractivity contribution < 1.29 is 4.79 Å². The molecule has 13 heavy (non-hydrogen) atoms. The number of carbonyl (C=O) groups excluding carboxylic acids is 1. The highest BCUT2D eigenvalue weighted by Gasteiger charge is 2.09. The first-order chi connectivity index (χ1) is 6.24. The molecule has 0 saturated heterocycles. The second-order valence-corrected chi connectivity index (χ2v) is 4.68. The number of rotatable bonds is 1. The number of aldehydes is 1. The molecule has 0 aliphatic rings. The molecule has 1 nitrogen and oxygen atoms in total. The Balaban J connectivity index is 2.95. The maximum Gasteiger partial charge on any atom is 0.151 e. The van der Waals surface area contributed by atoms with Gasteiger partial charge in [0.1, 0.15) is 0 Å². The van der Waals surface area contributed by atoms with E-state index in [0.717, 1.165) is 20.8 Å². The van der Waals surface area contributed by atoms with Crippen molar-refractivity contribution >= 4 is 55.2 Å². The molecule has 1 aromatic carbocycles. The third-order valence-electron chi connectivity index (χ3n) is 1.78. The van der Waals surface area contributed by atoms with Gasteiger partial charge in [0.05, 0.1) is 9.72 Å². The van der Waals surface area contributed by atoms with Gasteiger partial charge in [-0.3, -0.25) is 4.79 Å². The lowest BCUT2D eigenvalue weighted by atomic mass is 10.2. The normalized spacial score (nSPS) is 10.6. The van der Waals surface area contributed by atoms with Crippen molar-refractivity contribution in [2.24, 2.45) is 0 Å². The highest BCUT2D eigenvalue weighted by Crippen LogP contribution is 2.36. The highest BCUT2D eigenvalue weighted by molar-refractivity contribution is 9.10. The minimum Gasteiger partial charge on any atom is -0.298 e. The van der Waals surface area contributed by atoms with E-state index in [0.29, 0.717) is 10.6 Å². The molecular weight excluding hydrogens is 272 g/mol. The van der Waals surface area contributed by atoms with Crippen LogP contribution in [0.1, 0.15) is 10.4 Å². The number of thiophene rings is 1. The summed E-state index contributed by atoms with van der Waals surface area (Å²) in [5.74, 6) is 0. The average molecular weight is 276 g/mol. The molecule has 4 heteroatoms. The predicted octanol–water partition coefficient (Wildman–Crippen LogP) is 4.13. The van der Waals surface area contributed by atoms with E-state index in [1.165, 1.54) is 11.3 Å². The second-order valence-electron chi connectivity index (χ2n) is 2.54. The molecule has 0 fully saturated rings. The van der Waals surface area contributed by atoms with Gasteiger partial charge in [-0.05, 0) is 12.1 Å². The van der Waals surface area contributed by atoms with Crippen LogP contribution >= 0.6 is 38.9 Å². The van der Waals surface area contributed by atoms with Crippen molar-refractivity contribution in [3.05, 3.63) is 32.6 Å². The van der Waals surface area contributed by atoms with Crippen molar-refractivity contribution in [1.29, 1.82) is 0 Å². The molecule has 0 atom stereocenters. The lowest BCUT2D eigenvalue weighted by molar-refractivity contribution is 0.112. The average Bonchev–Trinajstić information content (AvgIpc) is 2.56. The fourth-order valence-electron chi connectivity index (χ4n) is 1.19. The molecule has 0 saturated carbocycles. The molecule has 0 unspecified atom stereocenters. The summed E-state index contributed by atoms with van der Waals surface area (Å²) in [4.78, 5) is 10.7. The van der Waals surface area contributed by atoms with E-state index < -0.39 is 0 Å². The fourth-order valence-corrected chi connectivity index (χ4v) is 3.11.